The molecule has 0 aromatic heterocycles. The Labute approximate surface area is 156 Å². The van der Waals surface area contributed by atoms with E-state index < -0.39 is 0 Å². The maximum Gasteiger partial charge on any atom is 0.230 e. The fraction of sp³-hybridized carbons (Fsp3) is 0.435. The normalized spacial score (nSPS) is 22.5. The molecule has 2 heterocycles. The summed E-state index contributed by atoms with van der Waals surface area (Å²) in [7, 11) is 0. The number of nitrogens with zero attached hydrogens (tertiary/aromatic N) is 2. The molecule has 0 spiro atoms. The minimum absolute atomic E-state index is 0.00902. The summed E-state index contributed by atoms with van der Waals surface area (Å²) >= 11 is 0. The van der Waals surface area contributed by atoms with Gasteiger partial charge < -0.3 is 9.80 Å². The van der Waals surface area contributed by atoms with Gasteiger partial charge in [-0.3, -0.25) is 4.79 Å². The van der Waals surface area contributed by atoms with Crippen molar-refractivity contribution in [2.24, 2.45) is 0 Å². The Balaban J connectivity index is 1.60. The lowest BCUT2D eigenvalue weighted by molar-refractivity contribution is -0.138. The minimum Gasteiger partial charge on any atom is -0.334 e. The largest absolute Gasteiger partial charge is 0.334 e. The number of benzene rings is 2. The van der Waals surface area contributed by atoms with Crippen LogP contribution in [0.25, 0.3) is 0 Å². The van der Waals surface area contributed by atoms with Crippen molar-refractivity contribution >= 4 is 5.91 Å². The van der Waals surface area contributed by atoms with Crippen molar-refractivity contribution in [1.82, 2.24) is 9.80 Å². The monoisotopic (exact) mass is 348 g/mol. The quantitative estimate of drug-likeness (QED) is 0.807. The molecule has 2 aliphatic heterocycles. The molecule has 4 rings (SSSR count). The number of hydrogen-bond acceptors (Lipinski definition) is 2. The van der Waals surface area contributed by atoms with Gasteiger partial charge in [-0.25, -0.2) is 0 Å². The standard InChI is InChI=1S/C23H28N2O/c26-23-21(19-10-3-1-4-11-19)14-9-17-25(23)22(18-24-15-7-8-16-24)20-12-5-2-6-13-20/h1-6,10-13,21-22H,7-9,14-18H2/t21?,22-/m1/s1. The number of likely N-dealkylation sites (tertiary alicyclic amines) is 2. The van der Waals surface area contributed by atoms with Gasteiger partial charge in [-0.2, -0.15) is 0 Å². The van der Waals surface area contributed by atoms with Crippen molar-refractivity contribution in [3.05, 3.63) is 71.8 Å². The second-order valence-corrected chi connectivity index (χ2v) is 7.57. The van der Waals surface area contributed by atoms with Crippen LogP contribution in [0.3, 0.4) is 0 Å². The van der Waals surface area contributed by atoms with E-state index >= 15 is 0 Å². The van der Waals surface area contributed by atoms with Gasteiger partial charge in [0, 0.05) is 13.1 Å². The summed E-state index contributed by atoms with van der Waals surface area (Å²) in [5.74, 6) is 0.310. The number of rotatable bonds is 5. The molecule has 2 aromatic rings. The van der Waals surface area contributed by atoms with Crippen molar-refractivity contribution in [3.8, 4) is 0 Å². The average molecular weight is 348 g/mol. The van der Waals surface area contributed by atoms with Crippen LogP contribution in [0.5, 0.6) is 0 Å². The molecule has 3 heteroatoms. The van der Waals surface area contributed by atoms with Crippen LogP contribution >= 0.6 is 0 Å². The zero-order chi connectivity index (χ0) is 17.8. The van der Waals surface area contributed by atoms with Gasteiger partial charge in [-0.1, -0.05) is 60.7 Å². The van der Waals surface area contributed by atoms with Crippen LogP contribution in [0.1, 0.15) is 48.8 Å². The van der Waals surface area contributed by atoms with Crippen LogP contribution in [0.2, 0.25) is 0 Å². The highest BCUT2D eigenvalue weighted by molar-refractivity contribution is 5.85. The van der Waals surface area contributed by atoms with E-state index in [4.69, 9.17) is 0 Å². The van der Waals surface area contributed by atoms with Crippen LogP contribution in [0.15, 0.2) is 60.7 Å². The summed E-state index contributed by atoms with van der Waals surface area (Å²) in [6, 6.07) is 21.1. The number of carbonyl (C=O) groups excluding carboxylic acids is 1. The summed E-state index contributed by atoms with van der Waals surface area (Å²) in [4.78, 5) is 18.1. The fourth-order valence-electron chi connectivity index (χ4n) is 4.47. The van der Waals surface area contributed by atoms with Gasteiger partial charge in [0.1, 0.15) is 0 Å². The maximum absolute atomic E-state index is 13.4. The molecule has 136 valence electrons. The highest BCUT2D eigenvalue weighted by atomic mass is 16.2. The molecule has 0 radical (unpaired) electrons. The number of carbonyl (C=O) groups is 1. The van der Waals surface area contributed by atoms with Crippen LogP contribution in [-0.4, -0.2) is 41.9 Å². The molecule has 0 aliphatic carbocycles. The molecular formula is C23H28N2O. The van der Waals surface area contributed by atoms with E-state index in [1.165, 1.54) is 18.4 Å². The number of amides is 1. The molecule has 3 nitrogen and oxygen atoms in total. The highest BCUT2D eigenvalue weighted by Crippen LogP contribution is 2.34. The van der Waals surface area contributed by atoms with Gasteiger partial charge in [0.2, 0.25) is 5.91 Å². The van der Waals surface area contributed by atoms with E-state index in [9.17, 15) is 4.79 Å². The number of hydrogen-bond donors (Lipinski definition) is 0. The Kier molecular flexibility index (Phi) is 5.35. The van der Waals surface area contributed by atoms with Crippen molar-refractivity contribution in [1.29, 1.82) is 0 Å². The molecule has 26 heavy (non-hydrogen) atoms. The summed E-state index contributed by atoms with van der Waals surface area (Å²) in [6.45, 7) is 4.15. The third kappa shape index (κ3) is 3.68. The zero-order valence-electron chi connectivity index (χ0n) is 15.4. The van der Waals surface area contributed by atoms with E-state index in [0.717, 1.165) is 44.6 Å². The van der Waals surface area contributed by atoms with E-state index in [2.05, 4.69) is 52.3 Å². The predicted molar refractivity (Wildman–Crippen MR) is 105 cm³/mol. The molecule has 2 fully saturated rings. The molecule has 2 saturated heterocycles. The first-order chi connectivity index (χ1) is 12.8. The van der Waals surface area contributed by atoms with Crippen LogP contribution in [-0.2, 0) is 4.79 Å². The Morgan fingerprint density at radius 3 is 2.19 bits per heavy atom. The van der Waals surface area contributed by atoms with Gasteiger partial charge in [-0.15, -0.1) is 0 Å². The topological polar surface area (TPSA) is 23.6 Å². The van der Waals surface area contributed by atoms with Gasteiger partial charge in [-0.05, 0) is 49.9 Å². The Bertz CT molecular complexity index is 710. The van der Waals surface area contributed by atoms with Gasteiger partial charge in [0.05, 0.1) is 12.0 Å². The van der Waals surface area contributed by atoms with Gasteiger partial charge >= 0.3 is 0 Å². The van der Waals surface area contributed by atoms with Crippen molar-refractivity contribution in [3.63, 3.8) is 0 Å². The molecular weight excluding hydrogens is 320 g/mol. The van der Waals surface area contributed by atoms with E-state index in [0.29, 0.717) is 5.91 Å². The second-order valence-electron chi connectivity index (χ2n) is 7.57. The van der Waals surface area contributed by atoms with Gasteiger partial charge in [0.25, 0.3) is 0 Å². The molecule has 2 aromatic carbocycles. The Morgan fingerprint density at radius 1 is 0.846 bits per heavy atom. The molecule has 0 bridgehead atoms. The number of piperidine rings is 1. The van der Waals surface area contributed by atoms with E-state index in [1.54, 1.807) is 0 Å². The van der Waals surface area contributed by atoms with Crippen LogP contribution in [0, 0.1) is 0 Å². The third-order valence-corrected chi connectivity index (χ3v) is 5.87. The fourth-order valence-corrected chi connectivity index (χ4v) is 4.47. The van der Waals surface area contributed by atoms with Crippen molar-refractivity contribution in [2.75, 3.05) is 26.2 Å². The summed E-state index contributed by atoms with van der Waals surface area (Å²) in [6.07, 6.45) is 4.60. The lowest BCUT2D eigenvalue weighted by Crippen LogP contribution is -2.46. The molecule has 0 saturated carbocycles. The third-order valence-electron chi connectivity index (χ3n) is 5.87. The first-order valence-electron chi connectivity index (χ1n) is 9.95. The Morgan fingerprint density at radius 2 is 1.50 bits per heavy atom. The summed E-state index contributed by atoms with van der Waals surface area (Å²) in [5, 5.41) is 0. The SMILES string of the molecule is O=C1C(c2ccccc2)CCCN1[C@H](CN1CCCC1)c1ccccc1. The molecule has 2 atom stereocenters. The summed E-state index contributed by atoms with van der Waals surface area (Å²) < 4.78 is 0. The maximum atomic E-state index is 13.4. The molecule has 1 unspecified atom stereocenters. The van der Waals surface area contributed by atoms with E-state index in [-0.39, 0.29) is 12.0 Å². The molecule has 1 amide bonds. The smallest absolute Gasteiger partial charge is 0.230 e. The average Bonchev–Trinajstić information content (AvgIpc) is 3.21. The second kappa shape index (κ2) is 8.05. The highest BCUT2D eigenvalue weighted by Gasteiger charge is 2.35. The lowest BCUT2D eigenvalue weighted by Gasteiger charge is -2.40. The summed E-state index contributed by atoms with van der Waals surface area (Å²) in [5.41, 5.74) is 2.43. The molecule has 0 N–H and O–H groups in total. The van der Waals surface area contributed by atoms with Gasteiger partial charge in [0.15, 0.2) is 0 Å². The lowest BCUT2D eigenvalue weighted by atomic mass is 9.88. The van der Waals surface area contributed by atoms with Crippen LogP contribution in [0.4, 0.5) is 0 Å². The van der Waals surface area contributed by atoms with Crippen molar-refractivity contribution in [2.45, 2.75) is 37.6 Å². The van der Waals surface area contributed by atoms with E-state index in [1.807, 2.05) is 18.2 Å². The first-order valence-corrected chi connectivity index (χ1v) is 9.95. The Hall–Kier alpha value is -2.13. The zero-order valence-corrected chi connectivity index (χ0v) is 15.4. The van der Waals surface area contributed by atoms with Crippen molar-refractivity contribution < 1.29 is 4.79 Å². The predicted octanol–water partition coefficient (Wildman–Crippen LogP) is 4.23. The van der Waals surface area contributed by atoms with Crippen LogP contribution < -0.4 is 0 Å². The minimum atomic E-state index is 0.00902. The molecule has 2 aliphatic rings. The first kappa shape index (κ1) is 17.3.